The monoisotopic (exact) mass is 378 g/mol. The van der Waals surface area contributed by atoms with Gasteiger partial charge in [0, 0.05) is 22.7 Å². The molecular formula is C20H15ClN4O2. The van der Waals surface area contributed by atoms with Crippen LogP contribution in [-0.4, -0.2) is 22.0 Å². The molecule has 1 atom stereocenters. The molecule has 2 aromatic carbocycles. The standard InChI is InChI=1S/C20H15ClN4O2/c21-15-7-3-1-5-12(15)11-25-16-8-4-2-6-13(16)20(19(25)27)9-17(26)23-18-14(20)10-22-24-18/h1-8,10H,9,11H2,(H2,22,23,24,26). The molecule has 3 aromatic rings. The summed E-state index contributed by atoms with van der Waals surface area (Å²) in [5.74, 6) is 0.129. The molecule has 27 heavy (non-hydrogen) atoms. The van der Waals surface area contributed by atoms with Crippen molar-refractivity contribution in [3.05, 3.63) is 76.4 Å². The van der Waals surface area contributed by atoms with Gasteiger partial charge in [0.25, 0.3) is 0 Å². The normalized spacial score (nSPS) is 20.6. The molecule has 2 N–H and O–H groups in total. The van der Waals surface area contributed by atoms with Gasteiger partial charge in [0.05, 0.1) is 12.7 Å². The summed E-state index contributed by atoms with van der Waals surface area (Å²) in [7, 11) is 0. The number of H-pyrrole nitrogens is 1. The third-order valence-electron chi connectivity index (χ3n) is 5.34. The third kappa shape index (κ3) is 2.16. The lowest BCUT2D eigenvalue weighted by Gasteiger charge is -2.32. The molecule has 1 spiro atoms. The molecule has 1 aromatic heterocycles. The Balaban J connectivity index is 1.69. The van der Waals surface area contributed by atoms with E-state index in [1.165, 1.54) is 0 Å². The Morgan fingerprint density at radius 1 is 1.07 bits per heavy atom. The van der Waals surface area contributed by atoms with Crippen LogP contribution in [0, 0.1) is 0 Å². The van der Waals surface area contributed by atoms with Crippen LogP contribution in [0.15, 0.2) is 54.7 Å². The first-order valence-electron chi connectivity index (χ1n) is 8.60. The fraction of sp³-hybridized carbons (Fsp3) is 0.150. The van der Waals surface area contributed by atoms with E-state index >= 15 is 0 Å². The zero-order valence-corrected chi connectivity index (χ0v) is 15.0. The number of carbonyl (C=O) groups is 2. The number of amides is 2. The van der Waals surface area contributed by atoms with Crippen molar-refractivity contribution < 1.29 is 9.59 Å². The summed E-state index contributed by atoms with van der Waals surface area (Å²) in [6.07, 6.45) is 1.68. The van der Waals surface area contributed by atoms with Crippen LogP contribution in [0.1, 0.15) is 23.1 Å². The molecule has 6 nitrogen and oxygen atoms in total. The summed E-state index contributed by atoms with van der Waals surface area (Å²) in [4.78, 5) is 27.8. The molecular weight excluding hydrogens is 364 g/mol. The van der Waals surface area contributed by atoms with E-state index in [0.717, 1.165) is 16.8 Å². The number of rotatable bonds is 2. The van der Waals surface area contributed by atoms with Crippen LogP contribution in [0.2, 0.25) is 5.02 Å². The van der Waals surface area contributed by atoms with Gasteiger partial charge in [0.2, 0.25) is 11.8 Å². The number of carbonyl (C=O) groups excluding carboxylic acids is 2. The zero-order chi connectivity index (χ0) is 18.6. The number of hydrogen-bond donors (Lipinski definition) is 2. The predicted octanol–water partition coefficient (Wildman–Crippen LogP) is 3.24. The van der Waals surface area contributed by atoms with E-state index in [-0.39, 0.29) is 18.2 Å². The first-order valence-corrected chi connectivity index (χ1v) is 8.97. The highest BCUT2D eigenvalue weighted by molar-refractivity contribution is 6.31. The van der Waals surface area contributed by atoms with E-state index in [0.29, 0.717) is 22.9 Å². The van der Waals surface area contributed by atoms with Crippen molar-refractivity contribution in [2.24, 2.45) is 0 Å². The van der Waals surface area contributed by atoms with Gasteiger partial charge in [-0.05, 0) is 23.3 Å². The Morgan fingerprint density at radius 2 is 1.85 bits per heavy atom. The fourth-order valence-electron chi connectivity index (χ4n) is 4.13. The smallest absolute Gasteiger partial charge is 0.243 e. The lowest BCUT2D eigenvalue weighted by molar-refractivity contribution is -0.126. The van der Waals surface area contributed by atoms with E-state index in [2.05, 4.69) is 15.5 Å². The summed E-state index contributed by atoms with van der Waals surface area (Å²) >= 11 is 6.32. The molecule has 0 saturated heterocycles. The van der Waals surface area contributed by atoms with Crippen LogP contribution < -0.4 is 10.2 Å². The zero-order valence-electron chi connectivity index (χ0n) is 14.2. The molecule has 2 amide bonds. The van der Waals surface area contributed by atoms with Crippen LogP contribution >= 0.6 is 11.6 Å². The van der Waals surface area contributed by atoms with Crippen LogP contribution in [0.3, 0.4) is 0 Å². The van der Waals surface area contributed by atoms with Crippen molar-refractivity contribution in [2.75, 3.05) is 10.2 Å². The number of benzene rings is 2. The maximum atomic E-state index is 13.7. The fourth-order valence-corrected chi connectivity index (χ4v) is 4.33. The average molecular weight is 379 g/mol. The molecule has 134 valence electrons. The second-order valence-corrected chi connectivity index (χ2v) is 7.20. The Kier molecular flexibility index (Phi) is 3.39. The van der Waals surface area contributed by atoms with E-state index in [9.17, 15) is 9.59 Å². The maximum absolute atomic E-state index is 13.7. The second-order valence-electron chi connectivity index (χ2n) is 6.79. The topological polar surface area (TPSA) is 78.1 Å². The van der Waals surface area contributed by atoms with Gasteiger partial charge in [0.15, 0.2) is 0 Å². The number of fused-ring (bicyclic) bond motifs is 4. The number of nitrogens with one attached hydrogen (secondary N) is 2. The van der Waals surface area contributed by atoms with E-state index in [4.69, 9.17) is 11.6 Å². The van der Waals surface area contributed by atoms with Gasteiger partial charge in [-0.15, -0.1) is 0 Å². The van der Waals surface area contributed by atoms with Crippen molar-refractivity contribution in [1.29, 1.82) is 0 Å². The van der Waals surface area contributed by atoms with E-state index in [1.54, 1.807) is 17.2 Å². The number of halogens is 1. The molecule has 0 fully saturated rings. The van der Waals surface area contributed by atoms with Gasteiger partial charge in [-0.3, -0.25) is 14.7 Å². The summed E-state index contributed by atoms with van der Waals surface area (Å²) in [6.45, 7) is 0.339. The van der Waals surface area contributed by atoms with Crippen LogP contribution in [-0.2, 0) is 21.5 Å². The Bertz CT molecular complexity index is 1090. The van der Waals surface area contributed by atoms with Gasteiger partial charge in [-0.25, -0.2) is 0 Å². The van der Waals surface area contributed by atoms with Crippen LogP contribution in [0.4, 0.5) is 11.5 Å². The van der Waals surface area contributed by atoms with Crippen molar-refractivity contribution in [3.63, 3.8) is 0 Å². The lowest BCUT2D eigenvalue weighted by Crippen LogP contribution is -2.46. The largest absolute Gasteiger partial charge is 0.311 e. The second kappa shape index (κ2) is 5.69. The number of aromatic nitrogens is 2. The SMILES string of the molecule is O=C1CC2(C(=O)N(Cc3ccccc3Cl)c3ccccc32)c2cn[nH]c2N1. The van der Waals surface area contributed by atoms with Crippen molar-refractivity contribution in [3.8, 4) is 0 Å². The maximum Gasteiger partial charge on any atom is 0.243 e. The first-order chi connectivity index (χ1) is 13.1. The molecule has 2 aliphatic rings. The van der Waals surface area contributed by atoms with Crippen LogP contribution in [0.25, 0.3) is 0 Å². The molecule has 5 rings (SSSR count). The number of aromatic amines is 1. The van der Waals surface area contributed by atoms with Gasteiger partial charge in [0.1, 0.15) is 11.2 Å². The Hall–Kier alpha value is -3.12. The van der Waals surface area contributed by atoms with Crippen molar-refractivity contribution in [2.45, 2.75) is 18.4 Å². The highest BCUT2D eigenvalue weighted by Crippen LogP contribution is 2.52. The molecule has 0 aliphatic carbocycles. The summed E-state index contributed by atoms with van der Waals surface area (Å²) in [6, 6.07) is 15.1. The summed E-state index contributed by atoms with van der Waals surface area (Å²) in [5, 5.41) is 10.2. The van der Waals surface area contributed by atoms with Crippen LogP contribution in [0.5, 0.6) is 0 Å². The number of anilines is 2. The van der Waals surface area contributed by atoms with Gasteiger partial charge in [-0.1, -0.05) is 48.0 Å². The van der Waals surface area contributed by atoms with Crippen molar-refractivity contribution >= 4 is 34.9 Å². The average Bonchev–Trinajstić information content (AvgIpc) is 3.22. The Labute approximate surface area is 160 Å². The number of nitrogens with zero attached hydrogens (tertiary/aromatic N) is 2. The lowest BCUT2D eigenvalue weighted by atomic mass is 9.72. The molecule has 7 heteroatoms. The predicted molar refractivity (Wildman–Crippen MR) is 102 cm³/mol. The highest BCUT2D eigenvalue weighted by atomic mass is 35.5. The molecule has 3 heterocycles. The first kappa shape index (κ1) is 16.1. The highest BCUT2D eigenvalue weighted by Gasteiger charge is 2.56. The van der Waals surface area contributed by atoms with Gasteiger partial charge < -0.3 is 10.2 Å². The molecule has 0 saturated carbocycles. The van der Waals surface area contributed by atoms with Gasteiger partial charge in [-0.2, -0.15) is 5.10 Å². The van der Waals surface area contributed by atoms with Gasteiger partial charge >= 0.3 is 0 Å². The van der Waals surface area contributed by atoms with E-state index in [1.807, 2.05) is 42.5 Å². The Morgan fingerprint density at radius 3 is 2.70 bits per heavy atom. The third-order valence-corrected chi connectivity index (χ3v) is 5.71. The number of hydrogen-bond acceptors (Lipinski definition) is 3. The molecule has 0 bridgehead atoms. The summed E-state index contributed by atoms with van der Waals surface area (Å²) in [5.41, 5.74) is 2.10. The molecule has 0 radical (unpaired) electrons. The quantitative estimate of drug-likeness (QED) is 0.718. The minimum Gasteiger partial charge on any atom is -0.311 e. The summed E-state index contributed by atoms with van der Waals surface area (Å²) < 4.78 is 0. The molecule has 2 aliphatic heterocycles. The van der Waals surface area contributed by atoms with E-state index < -0.39 is 5.41 Å². The minimum absolute atomic E-state index is 0.0500. The van der Waals surface area contributed by atoms with Crippen molar-refractivity contribution in [1.82, 2.24) is 10.2 Å². The molecule has 1 unspecified atom stereocenters. The number of para-hydroxylation sites is 1. The minimum atomic E-state index is -1.07.